The molecule has 2 rings (SSSR count). The van der Waals surface area contributed by atoms with Crippen LogP contribution in [0.15, 0.2) is 29.9 Å². The minimum atomic E-state index is -0.208. The molecule has 2 aromatic heterocycles. The molecule has 4 nitrogen and oxygen atoms in total. The van der Waals surface area contributed by atoms with E-state index in [0.29, 0.717) is 6.54 Å². The first kappa shape index (κ1) is 13.8. The van der Waals surface area contributed by atoms with Gasteiger partial charge >= 0.3 is 0 Å². The fourth-order valence-electron chi connectivity index (χ4n) is 2.05. The highest BCUT2D eigenvalue weighted by Crippen LogP contribution is 2.20. The SMILES string of the molecule is CCC(C(=O)N(C)Cc1sccc1C)n1cccn1. The van der Waals surface area contributed by atoms with Crippen LogP contribution in [-0.2, 0) is 11.3 Å². The number of aryl methyl sites for hydroxylation is 1. The van der Waals surface area contributed by atoms with E-state index in [9.17, 15) is 4.79 Å². The predicted octanol–water partition coefficient (Wildman–Crippen LogP) is 2.86. The van der Waals surface area contributed by atoms with E-state index in [1.807, 2.05) is 26.2 Å². The average Bonchev–Trinajstić information content (AvgIpc) is 3.03. The highest BCUT2D eigenvalue weighted by molar-refractivity contribution is 7.10. The third kappa shape index (κ3) is 3.04. The van der Waals surface area contributed by atoms with E-state index < -0.39 is 0 Å². The van der Waals surface area contributed by atoms with Gasteiger partial charge in [-0.1, -0.05) is 6.92 Å². The van der Waals surface area contributed by atoms with E-state index in [1.54, 1.807) is 27.1 Å². The van der Waals surface area contributed by atoms with Crippen molar-refractivity contribution in [1.29, 1.82) is 0 Å². The zero-order valence-electron chi connectivity index (χ0n) is 11.5. The van der Waals surface area contributed by atoms with E-state index in [1.165, 1.54) is 10.4 Å². The molecule has 0 aliphatic rings. The van der Waals surface area contributed by atoms with Crippen molar-refractivity contribution in [3.05, 3.63) is 40.3 Å². The summed E-state index contributed by atoms with van der Waals surface area (Å²) in [5.41, 5.74) is 1.25. The van der Waals surface area contributed by atoms with Gasteiger partial charge in [-0.15, -0.1) is 11.3 Å². The summed E-state index contributed by atoms with van der Waals surface area (Å²) < 4.78 is 1.74. The van der Waals surface area contributed by atoms with Gasteiger partial charge in [-0.2, -0.15) is 5.10 Å². The first-order chi connectivity index (χ1) is 9.13. The molecule has 0 aliphatic carbocycles. The molecule has 1 atom stereocenters. The van der Waals surface area contributed by atoms with Gasteiger partial charge in [0, 0.05) is 24.3 Å². The number of likely N-dealkylation sites (N-methyl/N-ethyl adjacent to an activating group) is 1. The number of rotatable bonds is 5. The quantitative estimate of drug-likeness (QED) is 0.843. The third-order valence-corrected chi connectivity index (χ3v) is 4.25. The summed E-state index contributed by atoms with van der Waals surface area (Å²) in [6.07, 6.45) is 4.30. The van der Waals surface area contributed by atoms with Crippen molar-refractivity contribution < 1.29 is 4.79 Å². The van der Waals surface area contributed by atoms with Crippen molar-refractivity contribution in [2.75, 3.05) is 7.05 Å². The van der Waals surface area contributed by atoms with Crippen LogP contribution in [0.25, 0.3) is 0 Å². The van der Waals surface area contributed by atoms with Gasteiger partial charge in [0.15, 0.2) is 0 Å². The second-order valence-electron chi connectivity index (χ2n) is 4.63. The molecule has 0 bridgehead atoms. The van der Waals surface area contributed by atoms with Crippen molar-refractivity contribution in [2.24, 2.45) is 0 Å². The van der Waals surface area contributed by atoms with Crippen LogP contribution in [0, 0.1) is 6.92 Å². The molecule has 102 valence electrons. The molecule has 0 saturated carbocycles. The van der Waals surface area contributed by atoms with Gasteiger partial charge in [-0.25, -0.2) is 0 Å². The van der Waals surface area contributed by atoms with Crippen LogP contribution in [0.4, 0.5) is 0 Å². The Morgan fingerprint density at radius 2 is 2.37 bits per heavy atom. The molecule has 5 heteroatoms. The molecule has 0 aliphatic heterocycles. The normalized spacial score (nSPS) is 12.4. The summed E-state index contributed by atoms with van der Waals surface area (Å²) in [6, 6.07) is 3.72. The average molecular weight is 277 g/mol. The minimum absolute atomic E-state index is 0.110. The number of hydrogen-bond acceptors (Lipinski definition) is 3. The van der Waals surface area contributed by atoms with Gasteiger partial charge < -0.3 is 4.90 Å². The van der Waals surface area contributed by atoms with Gasteiger partial charge in [-0.3, -0.25) is 9.48 Å². The second kappa shape index (κ2) is 6.02. The Kier molecular flexibility index (Phi) is 4.37. The van der Waals surface area contributed by atoms with E-state index >= 15 is 0 Å². The molecule has 0 radical (unpaired) electrons. The molecule has 0 saturated heterocycles. The Bertz CT molecular complexity index is 533. The molecule has 0 fully saturated rings. The van der Waals surface area contributed by atoms with Crippen molar-refractivity contribution in [3.8, 4) is 0 Å². The lowest BCUT2D eigenvalue weighted by atomic mass is 10.2. The molecular formula is C14H19N3OS. The van der Waals surface area contributed by atoms with Crippen LogP contribution in [0.1, 0.15) is 29.8 Å². The lowest BCUT2D eigenvalue weighted by Gasteiger charge is -2.23. The van der Waals surface area contributed by atoms with Crippen molar-refractivity contribution in [2.45, 2.75) is 32.9 Å². The molecular weight excluding hydrogens is 258 g/mol. The fourth-order valence-corrected chi connectivity index (χ4v) is 3.01. The maximum absolute atomic E-state index is 12.5. The molecule has 0 spiro atoms. The molecule has 2 aromatic rings. The molecule has 0 aromatic carbocycles. The van der Waals surface area contributed by atoms with Crippen molar-refractivity contribution >= 4 is 17.2 Å². The van der Waals surface area contributed by atoms with Crippen molar-refractivity contribution in [3.63, 3.8) is 0 Å². The van der Waals surface area contributed by atoms with Crippen molar-refractivity contribution in [1.82, 2.24) is 14.7 Å². The number of carbonyl (C=O) groups is 1. The van der Waals surface area contributed by atoms with E-state index in [-0.39, 0.29) is 11.9 Å². The Hall–Kier alpha value is -1.62. The van der Waals surface area contributed by atoms with Gasteiger partial charge in [0.1, 0.15) is 6.04 Å². The summed E-state index contributed by atoms with van der Waals surface area (Å²) >= 11 is 1.70. The number of thiophene rings is 1. The van der Waals surface area contributed by atoms with Gasteiger partial charge in [0.2, 0.25) is 5.91 Å². The molecule has 1 amide bonds. The lowest BCUT2D eigenvalue weighted by Crippen LogP contribution is -2.34. The Labute approximate surface area is 117 Å². The first-order valence-corrected chi connectivity index (χ1v) is 7.28. The minimum Gasteiger partial charge on any atom is -0.339 e. The Balaban J connectivity index is 2.08. The number of aromatic nitrogens is 2. The van der Waals surface area contributed by atoms with Crippen LogP contribution in [0.2, 0.25) is 0 Å². The van der Waals surface area contributed by atoms with Crippen LogP contribution in [-0.4, -0.2) is 27.6 Å². The summed E-state index contributed by atoms with van der Waals surface area (Å²) in [4.78, 5) is 15.5. The smallest absolute Gasteiger partial charge is 0.247 e. The van der Waals surface area contributed by atoms with E-state index in [2.05, 4.69) is 23.5 Å². The van der Waals surface area contributed by atoms with Gasteiger partial charge in [-0.05, 0) is 36.4 Å². The first-order valence-electron chi connectivity index (χ1n) is 6.40. The second-order valence-corrected chi connectivity index (χ2v) is 5.63. The predicted molar refractivity (Wildman–Crippen MR) is 77.1 cm³/mol. The van der Waals surface area contributed by atoms with Crippen LogP contribution in [0.3, 0.4) is 0 Å². The molecule has 1 unspecified atom stereocenters. The third-order valence-electron chi connectivity index (χ3n) is 3.24. The van der Waals surface area contributed by atoms with Crippen LogP contribution >= 0.6 is 11.3 Å². The standard InChI is InChI=1S/C14H19N3OS/c1-4-12(17-8-5-7-15-17)14(18)16(3)10-13-11(2)6-9-19-13/h5-9,12H,4,10H2,1-3H3. The highest BCUT2D eigenvalue weighted by Gasteiger charge is 2.22. The molecule has 2 heterocycles. The zero-order valence-corrected chi connectivity index (χ0v) is 12.4. The summed E-state index contributed by atoms with van der Waals surface area (Å²) in [5.74, 6) is 0.110. The number of carbonyl (C=O) groups excluding carboxylic acids is 1. The topological polar surface area (TPSA) is 38.1 Å². The number of nitrogens with zero attached hydrogens (tertiary/aromatic N) is 3. The zero-order chi connectivity index (χ0) is 13.8. The van der Waals surface area contributed by atoms with Gasteiger partial charge in [0.25, 0.3) is 0 Å². The van der Waals surface area contributed by atoms with Crippen LogP contribution < -0.4 is 0 Å². The Morgan fingerprint density at radius 3 is 2.89 bits per heavy atom. The highest BCUT2D eigenvalue weighted by atomic mass is 32.1. The maximum Gasteiger partial charge on any atom is 0.247 e. The Morgan fingerprint density at radius 1 is 1.58 bits per heavy atom. The molecule has 0 N–H and O–H groups in total. The lowest BCUT2D eigenvalue weighted by molar-refractivity contribution is -0.134. The monoisotopic (exact) mass is 277 g/mol. The fraction of sp³-hybridized carbons (Fsp3) is 0.429. The number of hydrogen-bond donors (Lipinski definition) is 0. The summed E-state index contributed by atoms with van der Waals surface area (Å²) in [7, 11) is 1.85. The van der Waals surface area contributed by atoms with E-state index in [4.69, 9.17) is 0 Å². The molecule has 19 heavy (non-hydrogen) atoms. The maximum atomic E-state index is 12.5. The largest absolute Gasteiger partial charge is 0.339 e. The van der Waals surface area contributed by atoms with Crippen LogP contribution in [0.5, 0.6) is 0 Å². The summed E-state index contributed by atoms with van der Waals surface area (Å²) in [6.45, 7) is 4.75. The number of amides is 1. The summed E-state index contributed by atoms with van der Waals surface area (Å²) in [5, 5.41) is 6.24. The van der Waals surface area contributed by atoms with Gasteiger partial charge in [0.05, 0.1) is 6.54 Å². The van der Waals surface area contributed by atoms with E-state index in [0.717, 1.165) is 6.42 Å².